The number of benzene rings is 1. The van der Waals surface area contributed by atoms with Crippen molar-refractivity contribution >= 4 is 38.6 Å². The largest absolute Gasteiger partial charge is 0.610 e. The van der Waals surface area contributed by atoms with Gasteiger partial charge < -0.3 is 14.4 Å². The second-order valence-electron chi connectivity index (χ2n) is 4.75. The number of fused-ring (bicyclic) bond motifs is 1. The molecule has 22 heavy (non-hydrogen) atoms. The Bertz CT molecular complexity index is 825. The Morgan fingerprint density at radius 1 is 1.50 bits per heavy atom. The van der Waals surface area contributed by atoms with Gasteiger partial charge in [-0.15, -0.1) is 0 Å². The zero-order valence-electron chi connectivity index (χ0n) is 12.1. The number of aromatic nitrogens is 3. The number of hydrogen-bond acceptors (Lipinski definition) is 5. The van der Waals surface area contributed by atoms with Crippen molar-refractivity contribution in [1.29, 1.82) is 0 Å². The zero-order chi connectivity index (χ0) is 15.7. The zero-order valence-corrected chi connectivity index (χ0v) is 13.7. The summed E-state index contributed by atoms with van der Waals surface area (Å²) in [5.41, 5.74) is 2.33. The first-order valence-electron chi connectivity index (χ1n) is 6.53. The van der Waals surface area contributed by atoms with Crippen LogP contribution >= 0.6 is 11.3 Å². The molecule has 114 valence electrons. The number of nitrogens with zero attached hydrogens (tertiary/aromatic N) is 3. The maximum Gasteiger partial charge on any atom is 0.302 e. The number of carbonyl (C=O) groups excluding carboxylic acids is 1. The molecule has 1 atom stereocenters. The summed E-state index contributed by atoms with van der Waals surface area (Å²) in [6.45, 7) is 0.613. The monoisotopic (exact) mass is 334 g/mol. The first-order chi connectivity index (χ1) is 10.6. The van der Waals surface area contributed by atoms with Crippen LogP contribution in [0.15, 0.2) is 35.1 Å². The molecule has 0 saturated carbocycles. The standard InChI is InChI=1S/C14H14N4O2S2/c1-15-13(19)11-7-18(8-16-11)6-9-3-4-10-12(5-9)21-14(17-10)22(2)20/h3-5,7-8H,6H2,1-2H3,(H,15,19). The van der Waals surface area contributed by atoms with E-state index in [1.807, 2.05) is 22.8 Å². The van der Waals surface area contributed by atoms with E-state index in [0.717, 1.165) is 15.8 Å². The van der Waals surface area contributed by atoms with Crippen molar-refractivity contribution in [2.75, 3.05) is 13.3 Å². The van der Waals surface area contributed by atoms with Crippen molar-refractivity contribution in [3.63, 3.8) is 0 Å². The molecule has 3 rings (SSSR count). The van der Waals surface area contributed by atoms with Gasteiger partial charge in [-0.05, 0) is 17.7 Å². The summed E-state index contributed by atoms with van der Waals surface area (Å²) in [5.74, 6) is -0.202. The van der Waals surface area contributed by atoms with Gasteiger partial charge in [0.1, 0.15) is 11.9 Å². The molecule has 0 aliphatic heterocycles. The highest BCUT2D eigenvalue weighted by molar-refractivity contribution is 7.92. The van der Waals surface area contributed by atoms with Gasteiger partial charge in [0.25, 0.3) is 5.91 Å². The van der Waals surface area contributed by atoms with Crippen molar-refractivity contribution in [1.82, 2.24) is 19.9 Å². The second-order valence-corrected chi connectivity index (χ2v) is 7.33. The van der Waals surface area contributed by atoms with E-state index in [-0.39, 0.29) is 5.91 Å². The molecule has 6 nitrogen and oxygen atoms in total. The van der Waals surface area contributed by atoms with Crippen molar-refractivity contribution in [3.05, 3.63) is 42.0 Å². The maximum atomic E-state index is 11.5. The fourth-order valence-electron chi connectivity index (χ4n) is 2.07. The third-order valence-electron chi connectivity index (χ3n) is 3.14. The molecular weight excluding hydrogens is 320 g/mol. The quantitative estimate of drug-likeness (QED) is 0.735. The van der Waals surface area contributed by atoms with Crippen LogP contribution in [0, 0.1) is 0 Å². The number of amides is 1. The van der Waals surface area contributed by atoms with Gasteiger partial charge in [-0.25, -0.2) is 4.98 Å². The van der Waals surface area contributed by atoms with E-state index < -0.39 is 11.2 Å². The van der Waals surface area contributed by atoms with Gasteiger partial charge in [-0.3, -0.25) is 4.79 Å². The van der Waals surface area contributed by atoms with Crippen LogP contribution < -0.4 is 5.32 Å². The average molecular weight is 334 g/mol. The highest BCUT2D eigenvalue weighted by Gasteiger charge is 2.13. The van der Waals surface area contributed by atoms with E-state index in [9.17, 15) is 9.35 Å². The summed E-state index contributed by atoms with van der Waals surface area (Å²) < 4.78 is 15.0. The van der Waals surface area contributed by atoms with E-state index >= 15 is 0 Å². The van der Waals surface area contributed by atoms with E-state index in [0.29, 0.717) is 16.6 Å². The lowest BCUT2D eigenvalue weighted by Crippen LogP contribution is -2.18. The first kappa shape index (κ1) is 15.0. The summed E-state index contributed by atoms with van der Waals surface area (Å²) >= 11 is 0.382. The minimum atomic E-state index is -1.06. The Morgan fingerprint density at radius 3 is 3.05 bits per heavy atom. The molecule has 2 heterocycles. The fourth-order valence-corrected chi connectivity index (χ4v) is 3.80. The van der Waals surface area contributed by atoms with Crippen LogP contribution in [0.4, 0.5) is 0 Å². The van der Waals surface area contributed by atoms with Crippen LogP contribution in [-0.4, -0.2) is 38.3 Å². The fraction of sp³-hybridized carbons (Fsp3) is 0.214. The summed E-state index contributed by atoms with van der Waals surface area (Å²) in [5, 5.41) is 2.55. The first-order valence-corrected chi connectivity index (χ1v) is 8.91. The summed E-state index contributed by atoms with van der Waals surface area (Å²) in [4.78, 5) is 19.9. The second kappa shape index (κ2) is 6.07. The van der Waals surface area contributed by atoms with Gasteiger partial charge in [-0.2, -0.15) is 4.98 Å². The van der Waals surface area contributed by atoms with Crippen LogP contribution in [0.25, 0.3) is 10.2 Å². The minimum Gasteiger partial charge on any atom is -0.610 e. The third-order valence-corrected chi connectivity index (χ3v) is 5.49. The van der Waals surface area contributed by atoms with E-state index in [2.05, 4.69) is 15.3 Å². The lowest BCUT2D eigenvalue weighted by atomic mass is 10.2. The number of imidazole rings is 1. The molecule has 0 aliphatic rings. The number of carbonyl (C=O) groups is 1. The van der Waals surface area contributed by atoms with Crippen molar-refractivity contribution in [2.45, 2.75) is 10.9 Å². The number of rotatable bonds is 4. The summed E-state index contributed by atoms with van der Waals surface area (Å²) in [6.07, 6.45) is 4.97. The highest BCUT2D eigenvalue weighted by Crippen LogP contribution is 2.26. The van der Waals surface area contributed by atoms with Crippen LogP contribution in [0.5, 0.6) is 0 Å². The molecule has 0 radical (unpaired) electrons. The van der Waals surface area contributed by atoms with Crippen molar-refractivity contribution in [3.8, 4) is 0 Å². The minimum absolute atomic E-state index is 0.202. The van der Waals surface area contributed by atoms with Gasteiger partial charge in [0.15, 0.2) is 0 Å². The van der Waals surface area contributed by atoms with Crippen LogP contribution in [0.1, 0.15) is 16.1 Å². The molecular formula is C14H14N4O2S2. The molecule has 1 unspecified atom stereocenters. The van der Waals surface area contributed by atoms with Crippen LogP contribution in [0.3, 0.4) is 0 Å². The highest BCUT2D eigenvalue weighted by atomic mass is 32.2. The molecule has 0 saturated heterocycles. The van der Waals surface area contributed by atoms with Gasteiger partial charge in [0.2, 0.25) is 0 Å². The molecule has 8 heteroatoms. The molecule has 0 aliphatic carbocycles. The topological polar surface area (TPSA) is 82.9 Å². The van der Waals surface area contributed by atoms with Crippen LogP contribution in [0.2, 0.25) is 0 Å². The molecule has 0 fully saturated rings. The third kappa shape index (κ3) is 2.99. The Balaban J connectivity index is 1.84. The Morgan fingerprint density at radius 2 is 2.32 bits per heavy atom. The predicted molar refractivity (Wildman–Crippen MR) is 86.7 cm³/mol. The number of thiazole rings is 1. The lowest BCUT2D eigenvalue weighted by molar-refractivity contribution is 0.0958. The molecule has 1 N–H and O–H groups in total. The van der Waals surface area contributed by atoms with E-state index in [4.69, 9.17) is 0 Å². The number of hydrogen-bond donors (Lipinski definition) is 1. The maximum absolute atomic E-state index is 11.5. The predicted octanol–water partition coefficient (Wildman–Crippen LogP) is 1.64. The Kier molecular flexibility index (Phi) is 4.14. The SMILES string of the molecule is CNC(=O)c1cn(Cc2ccc3nc([S+](C)[O-])sc3c2)cn1. The Labute approximate surface area is 134 Å². The van der Waals surface area contributed by atoms with E-state index in [1.54, 1.807) is 25.8 Å². The molecule has 0 bridgehead atoms. The lowest BCUT2D eigenvalue weighted by Gasteiger charge is -2.02. The summed E-state index contributed by atoms with van der Waals surface area (Å²) in [7, 11) is 1.58. The van der Waals surface area contributed by atoms with Crippen LogP contribution in [-0.2, 0) is 17.7 Å². The van der Waals surface area contributed by atoms with Gasteiger partial charge in [0.05, 0.1) is 16.5 Å². The van der Waals surface area contributed by atoms with Gasteiger partial charge in [-0.1, -0.05) is 17.4 Å². The molecule has 2 aromatic heterocycles. The number of nitrogens with one attached hydrogen (secondary N) is 1. The van der Waals surface area contributed by atoms with E-state index in [1.165, 1.54) is 11.3 Å². The molecule has 1 amide bonds. The smallest absolute Gasteiger partial charge is 0.302 e. The molecule has 3 aromatic rings. The molecule has 0 spiro atoms. The normalized spacial score (nSPS) is 12.5. The van der Waals surface area contributed by atoms with Crippen molar-refractivity contribution in [2.24, 2.45) is 0 Å². The Hall–Kier alpha value is -1.90. The summed E-state index contributed by atoms with van der Waals surface area (Å²) in [6, 6.07) is 5.93. The molecule has 1 aromatic carbocycles. The van der Waals surface area contributed by atoms with Gasteiger partial charge >= 0.3 is 4.34 Å². The van der Waals surface area contributed by atoms with Crippen molar-refractivity contribution < 1.29 is 9.35 Å². The average Bonchev–Trinajstić information content (AvgIpc) is 3.12. The van der Waals surface area contributed by atoms with Gasteiger partial charge in [0, 0.05) is 31.0 Å².